The van der Waals surface area contributed by atoms with Crippen molar-refractivity contribution in [3.63, 3.8) is 0 Å². The van der Waals surface area contributed by atoms with Gasteiger partial charge >= 0.3 is 0 Å². The Morgan fingerprint density at radius 1 is 1.18 bits per heavy atom. The molecular formula is C18H22N4. The Kier molecular flexibility index (Phi) is 2.50. The minimum atomic E-state index is -1.84. The van der Waals surface area contributed by atoms with E-state index in [9.17, 15) is 0 Å². The van der Waals surface area contributed by atoms with Crippen LogP contribution in [0.15, 0.2) is 36.5 Å². The van der Waals surface area contributed by atoms with E-state index in [2.05, 4.69) is 14.9 Å². The summed E-state index contributed by atoms with van der Waals surface area (Å²) >= 11 is 0. The number of para-hydroxylation sites is 2. The highest BCUT2D eigenvalue weighted by Crippen LogP contribution is 2.25. The molecule has 0 atom stereocenters. The highest BCUT2D eigenvalue weighted by atomic mass is 15.2. The van der Waals surface area contributed by atoms with Gasteiger partial charge in [0.1, 0.15) is 5.82 Å². The van der Waals surface area contributed by atoms with E-state index in [1.54, 1.807) is 0 Å². The molecule has 0 radical (unpaired) electrons. The Labute approximate surface area is 136 Å². The van der Waals surface area contributed by atoms with Crippen molar-refractivity contribution in [1.82, 2.24) is 14.4 Å². The van der Waals surface area contributed by atoms with Crippen LogP contribution in [0.4, 0.5) is 5.82 Å². The first-order valence-corrected chi connectivity index (χ1v) is 7.76. The molecule has 3 aromatic rings. The van der Waals surface area contributed by atoms with Crippen molar-refractivity contribution >= 4 is 22.6 Å². The van der Waals surface area contributed by atoms with Crippen LogP contribution in [0.2, 0.25) is 0 Å². The van der Waals surface area contributed by atoms with E-state index < -0.39 is 12.7 Å². The molecule has 4 heteroatoms. The molecular weight excluding hydrogens is 272 g/mol. The Morgan fingerprint density at radius 2 is 2.00 bits per heavy atom. The first-order valence-electron chi connectivity index (χ1n) is 9.76. The van der Waals surface area contributed by atoms with Crippen molar-refractivity contribution in [3.8, 4) is 0 Å². The summed E-state index contributed by atoms with van der Waals surface area (Å²) in [5, 5.41) is 0. The fraction of sp³-hybridized carbons (Fsp3) is 0.444. The second kappa shape index (κ2) is 5.59. The predicted molar refractivity (Wildman–Crippen MR) is 90.3 cm³/mol. The molecule has 2 aromatic heterocycles. The number of anilines is 1. The summed E-state index contributed by atoms with van der Waals surface area (Å²) < 4.78 is 33.8. The Bertz CT molecular complexity index is 939. The second-order valence-electron chi connectivity index (χ2n) is 5.71. The van der Waals surface area contributed by atoms with Gasteiger partial charge in [0.15, 0.2) is 0 Å². The minimum Gasteiger partial charge on any atom is -0.356 e. The quantitative estimate of drug-likeness (QED) is 0.735. The third-order valence-electron chi connectivity index (χ3n) is 4.33. The largest absolute Gasteiger partial charge is 0.356 e. The molecule has 1 aliphatic heterocycles. The molecule has 114 valence electrons. The highest BCUT2D eigenvalue weighted by molar-refractivity contribution is 5.79. The fourth-order valence-corrected chi connectivity index (χ4v) is 3.17. The fourth-order valence-electron chi connectivity index (χ4n) is 3.17. The molecule has 1 fully saturated rings. The smallest absolute Gasteiger partial charge is 0.236 e. The van der Waals surface area contributed by atoms with Gasteiger partial charge in [0.05, 0.1) is 11.0 Å². The van der Waals surface area contributed by atoms with Gasteiger partial charge < -0.3 is 4.90 Å². The van der Waals surface area contributed by atoms with Crippen LogP contribution in [0.25, 0.3) is 16.8 Å². The van der Waals surface area contributed by atoms with Crippen LogP contribution in [-0.4, -0.2) is 27.5 Å². The van der Waals surface area contributed by atoms with E-state index in [1.807, 2.05) is 40.9 Å². The molecule has 0 bridgehead atoms. The zero-order valence-electron chi connectivity index (χ0n) is 16.7. The van der Waals surface area contributed by atoms with Gasteiger partial charge in [-0.2, -0.15) is 4.98 Å². The summed E-state index contributed by atoms with van der Waals surface area (Å²) in [6, 6.07) is 9.89. The van der Waals surface area contributed by atoms with Crippen molar-refractivity contribution in [2.45, 2.75) is 32.5 Å². The molecule has 1 aromatic carbocycles. The molecule has 1 aliphatic rings. The number of hydrogen-bond acceptors (Lipinski definition) is 3. The maximum absolute atomic E-state index is 8.16. The summed E-state index contributed by atoms with van der Waals surface area (Å²) in [5.74, 6) is 1.22. The summed E-state index contributed by atoms with van der Waals surface area (Å²) in [7, 11) is 0. The number of fused-ring (bicyclic) bond motifs is 3. The number of rotatable bonds is 3. The van der Waals surface area contributed by atoms with E-state index in [4.69, 9.17) is 5.48 Å². The van der Waals surface area contributed by atoms with Crippen LogP contribution in [0.5, 0.6) is 0 Å². The van der Waals surface area contributed by atoms with Gasteiger partial charge in [-0.25, -0.2) is 4.98 Å². The molecule has 0 saturated carbocycles. The maximum atomic E-state index is 8.16. The average Bonchev–Trinajstić information content (AvgIpc) is 2.98. The molecule has 0 N–H and O–H groups in total. The van der Waals surface area contributed by atoms with Crippen molar-refractivity contribution in [1.29, 1.82) is 0 Å². The van der Waals surface area contributed by atoms with Gasteiger partial charge in [0.2, 0.25) is 5.78 Å². The van der Waals surface area contributed by atoms with Crippen LogP contribution >= 0.6 is 0 Å². The standard InChI is InChI=1S/C18H22N4/c1-2-5-14-8-11-21(12-9-14)17-10-13-22-16-7-4-3-6-15(16)19-18(22)20-17/h3-4,6-7,10,13-14H,2,5,8-9,11-12H2,1H3/i2D2,5D2. The number of aromatic nitrogens is 3. The van der Waals surface area contributed by atoms with E-state index in [0.29, 0.717) is 31.7 Å². The Hall–Kier alpha value is -2.10. The van der Waals surface area contributed by atoms with Crippen molar-refractivity contribution in [2.75, 3.05) is 18.0 Å². The number of imidazole rings is 1. The van der Waals surface area contributed by atoms with Crippen molar-refractivity contribution < 1.29 is 5.48 Å². The number of piperidine rings is 1. The first-order chi connectivity index (χ1) is 12.3. The topological polar surface area (TPSA) is 33.4 Å². The summed E-state index contributed by atoms with van der Waals surface area (Å²) in [5.41, 5.74) is 1.94. The minimum absolute atomic E-state index is 0.281. The molecule has 0 amide bonds. The van der Waals surface area contributed by atoms with E-state index in [1.165, 1.54) is 6.92 Å². The molecule has 4 rings (SSSR count). The molecule has 0 spiro atoms. The lowest BCUT2D eigenvalue weighted by atomic mass is 9.92. The van der Waals surface area contributed by atoms with Crippen LogP contribution in [0.3, 0.4) is 0 Å². The molecule has 22 heavy (non-hydrogen) atoms. The van der Waals surface area contributed by atoms with E-state index >= 15 is 0 Å². The molecule has 1 saturated heterocycles. The summed E-state index contributed by atoms with van der Waals surface area (Å²) in [4.78, 5) is 11.4. The zero-order chi connectivity index (χ0) is 18.5. The number of hydrogen-bond donors (Lipinski definition) is 0. The van der Waals surface area contributed by atoms with Gasteiger partial charge in [-0.15, -0.1) is 0 Å². The normalized spacial score (nSPS) is 20.7. The van der Waals surface area contributed by atoms with E-state index in [-0.39, 0.29) is 5.92 Å². The third-order valence-corrected chi connectivity index (χ3v) is 4.33. The highest BCUT2D eigenvalue weighted by Gasteiger charge is 2.20. The average molecular weight is 298 g/mol. The third kappa shape index (κ3) is 2.32. The van der Waals surface area contributed by atoms with Crippen molar-refractivity contribution in [3.05, 3.63) is 36.5 Å². The van der Waals surface area contributed by atoms with Gasteiger partial charge in [-0.3, -0.25) is 4.40 Å². The molecule has 4 nitrogen and oxygen atoms in total. The molecule has 3 heterocycles. The van der Waals surface area contributed by atoms with Crippen LogP contribution in [0.1, 0.15) is 38.0 Å². The monoisotopic (exact) mass is 298 g/mol. The summed E-state index contributed by atoms with van der Waals surface area (Å²) in [6.07, 6.45) is -0.458. The van der Waals surface area contributed by atoms with Crippen LogP contribution in [-0.2, 0) is 0 Å². The SMILES string of the molecule is [2H]C([2H])(C)C([2H])([2H])C1CCN(c2ccn3c(n2)nc2ccccc23)CC1. The molecule has 0 aliphatic carbocycles. The first kappa shape index (κ1) is 9.82. The Balaban J connectivity index is 1.55. The second-order valence-corrected chi connectivity index (χ2v) is 5.71. The van der Waals surface area contributed by atoms with Crippen molar-refractivity contribution in [2.24, 2.45) is 5.92 Å². The zero-order valence-corrected chi connectivity index (χ0v) is 12.7. The Morgan fingerprint density at radius 3 is 2.82 bits per heavy atom. The van der Waals surface area contributed by atoms with Gasteiger partial charge in [-0.1, -0.05) is 31.8 Å². The number of nitrogens with zero attached hydrogens (tertiary/aromatic N) is 4. The number of benzene rings is 1. The predicted octanol–water partition coefficient (Wildman–Crippen LogP) is 3.90. The molecule has 0 unspecified atom stereocenters. The van der Waals surface area contributed by atoms with Gasteiger partial charge in [-0.05, 0) is 37.0 Å². The van der Waals surface area contributed by atoms with Gasteiger partial charge in [0.25, 0.3) is 0 Å². The lowest BCUT2D eigenvalue weighted by Crippen LogP contribution is -2.34. The van der Waals surface area contributed by atoms with Gasteiger partial charge in [0, 0.05) is 24.8 Å². The lowest BCUT2D eigenvalue weighted by Gasteiger charge is -2.32. The van der Waals surface area contributed by atoms with E-state index in [0.717, 1.165) is 16.9 Å². The summed E-state index contributed by atoms with van der Waals surface area (Å²) in [6.45, 7) is 2.67. The van der Waals surface area contributed by atoms with Crippen LogP contribution in [0, 0.1) is 5.92 Å². The lowest BCUT2D eigenvalue weighted by molar-refractivity contribution is 0.377. The van der Waals surface area contributed by atoms with Crippen LogP contribution < -0.4 is 4.90 Å². The maximum Gasteiger partial charge on any atom is 0.236 e.